The van der Waals surface area contributed by atoms with Crippen LogP contribution in [-0.4, -0.2) is 80.7 Å². The molecule has 0 radical (unpaired) electrons. The molecule has 0 aromatic heterocycles. The van der Waals surface area contributed by atoms with Gasteiger partial charge in [-0.15, -0.1) is 12.4 Å². The maximum atomic E-state index is 15.0. The van der Waals surface area contributed by atoms with Crippen molar-refractivity contribution < 1.29 is 37.3 Å². The molecular weight excluding hydrogens is 801 g/mol. The highest BCUT2D eigenvalue weighted by Gasteiger charge is 2.50. The van der Waals surface area contributed by atoms with Gasteiger partial charge in [-0.05, 0) is 92.3 Å². The molecule has 2 N–H and O–H groups in total. The Balaban J connectivity index is 0.00000580. The Morgan fingerprint density at radius 3 is 2.27 bits per heavy atom. The third kappa shape index (κ3) is 9.68. The molecule has 3 aliphatic rings. The Labute approximate surface area is 340 Å². The van der Waals surface area contributed by atoms with E-state index in [1.807, 2.05) is 53.4 Å². The van der Waals surface area contributed by atoms with Crippen molar-refractivity contribution in [3.63, 3.8) is 0 Å². The number of nitrogens with zero attached hydrogens (tertiary/aromatic N) is 2. The standard InChI is InChI=1S/C40H43Cl3F3N3O5.ClH/c1-39(2,40(41,42)43)54-38(52)49-29-20-30(26-11-9-24(10-12-26)6-5-19-53-36-32(45)16-15-31(44)35(36)46)34(33(49)22-47-21-29)37(51)48(28-13-14-28)23-27-8-4-3-7-25(27)17-18-50;/h3-4,7-12,15-16,28-29,33,47,50H,5-6,13-14,17-23H2,1-2H3;1H/t29?,33-;/m1./s1. The fourth-order valence-electron chi connectivity index (χ4n) is 7.08. The van der Waals surface area contributed by atoms with Gasteiger partial charge < -0.3 is 24.8 Å². The highest BCUT2D eigenvalue weighted by Crippen LogP contribution is 2.43. The molecule has 55 heavy (non-hydrogen) atoms. The number of hydrogen-bond acceptors (Lipinski definition) is 6. The molecular formula is C40H44Cl4F3N3O5. The molecule has 2 heterocycles. The molecule has 1 saturated carbocycles. The Morgan fingerprint density at radius 1 is 0.945 bits per heavy atom. The molecule has 1 saturated heterocycles. The quantitative estimate of drug-likeness (QED) is 0.102. The third-order valence-corrected chi connectivity index (χ3v) is 11.6. The molecule has 6 rings (SSSR count). The largest absolute Gasteiger partial charge is 0.488 e. The number of fused-ring (bicyclic) bond motifs is 2. The fraction of sp³-hybridized carbons (Fsp3) is 0.450. The number of carbonyl (C=O) groups excluding carboxylic acids is 2. The van der Waals surface area contributed by atoms with Gasteiger partial charge in [0.1, 0.15) is 0 Å². The summed E-state index contributed by atoms with van der Waals surface area (Å²) in [6.07, 6.45) is 2.75. The van der Waals surface area contributed by atoms with E-state index in [1.54, 1.807) is 4.90 Å². The number of aliphatic hydroxyl groups is 1. The summed E-state index contributed by atoms with van der Waals surface area (Å²) in [6.45, 7) is 4.09. The molecule has 2 aliphatic heterocycles. The van der Waals surface area contributed by atoms with Gasteiger partial charge in [-0.2, -0.15) is 4.39 Å². The molecule has 2 amide bonds. The third-order valence-electron chi connectivity index (χ3n) is 10.3. The Bertz CT molecular complexity index is 1890. The van der Waals surface area contributed by atoms with Crippen molar-refractivity contribution in [2.45, 2.75) is 86.4 Å². The first-order valence-electron chi connectivity index (χ1n) is 18.1. The minimum absolute atomic E-state index is 0. The first kappa shape index (κ1) is 42.9. The minimum atomic E-state index is -1.91. The number of rotatable bonds is 13. The van der Waals surface area contributed by atoms with Gasteiger partial charge in [0.25, 0.3) is 5.91 Å². The number of alkyl halides is 3. The fourth-order valence-corrected chi connectivity index (χ4v) is 7.19. The van der Waals surface area contributed by atoms with Crippen LogP contribution in [0.4, 0.5) is 18.0 Å². The maximum Gasteiger partial charge on any atom is 0.411 e. The van der Waals surface area contributed by atoms with Crippen LogP contribution in [0.3, 0.4) is 0 Å². The first-order chi connectivity index (χ1) is 25.7. The number of benzene rings is 3. The lowest BCUT2D eigenvalue weighted by atomic mass is 9.81. The highest BCUT2D eigenvalue weighted by molar-refractivity contribution is 6.68. The van der Waals surface area contributed by atoms with Crippen molar-refractivity contribution in [3.8, 4) is 5.75 Å². The van der Waals surface area contributed by atoms with E-state index in [-0.39, 0.29) is 43.6 Å². The van der Waals surface area contributed by atoms with Crippen molar-refractivity contribution in [1.82, 2.24) is 15.1 Å². The lowest BCUT2D eigenvalue weighted by molar-refractivity contribution is -0.129. The van der Waals surface area contributed by atoms with Gasteiger partial charge in [-0.1, -0.05) is 83.3 Å². The molecule has 8 nitrogen and oxygen atoms in total. The van der Waals surface area contributed by atoms with E-state index in [0.29, 0.717) is 57.0 Å². The van der Waals surface area contributed by atoms with Crippen LogP contribution in [-0.2, 0) is 28.9 Å². The molecule has 3 aromatic carbocycles. The summed E-state index contributed by atoms with van der Waals surface area (Å²) in [5.41, 5.74) is 3.49. The average Bonchev–Trinajstić information content (AvgIpc) is 3.97. The van der Waals surface area contributed by atoms with Crippen LogP contribution in [0.25, 0.3) is 5.57 Å². The predicted molar refractivity (Wildman–Crippen MR) is 209 cm³/mol. The van der Waals surface area contributed by atoms with E-state index < -0.39 is 44.7 Å². The second kappa shape index (κ2) is 17.9. The second-order valence-corrected chi connectivity index (χ2v) is 16.7. The number of ether oxygens (including phenoxy) is 2. The second-order valence-electron chi connectivity index (χ2n) is 14.4. The predicted octanol–water partition coefficient (Wildman–Crippen LogP) is 8.35. The van der Waals surface area contributed by atoms with Crippen molar-refractivity contribution in [2.24, 2.45) is 0 Å². The van der Waals surface area contributed by atoms with Gasteiger partial charge in [0.2, 0.25) is 9.61 Å². The summed E-state index contributed by atoms with van der Waals surface area (Å²) >= 11 is 18.6. The van der Waals surface area contributed by atoms with Gasteiger partial charge >= 0.3 is 6.09 Å². The molecule has 298 valence electrons. The molecule has 2 atom stereocenters. The van der Waals surface area contributed by atoms with Crippen molar-refractivity contribution in [1.29, 1.82) is 0 Å². The Kier molecular flexibility index (Phi) is 14.0. The van der Waals surface area contributed by atoms with E-state index in [0.717, 1.165) is 46.7 Å². The highest BCUT2D eigenvalue weighted by atomic mass is 35.6. The van der Waals surface area contributed by atoms with E-state index in [2.05, 4.69) is 5.32 Å². The smallest absolute Gasteiger partial charge is 0.411 e. The minimum Gasteiger partial charge on any atom is -0.488 e. The van der Waals surface area contributed by atoms with Crippen LogP contribution in [0.5, 0.6) is 5.75 Å². The lowest BCUT2D eigenvalue weighted by Gasteiger charge is -2.48. The molecule has 1 unspecified atom stereocenters. The summed E-state index contributed by atoms with van der Waals surface area (Å²) in [6, 6.07) is 16.0. The van der Waals surface area contributed by atoms with Crippen LogP contribution in [0.1, 0.15) is 61.8 Å². The summed E-state index contributed by atoms with van der Waals surface area (Å²) < 4.78 is 50.8. The Hall–Kier alpha value is -3.19. The van der Waals surface area contributed by atoms with E-state index in [9.17, 15) is 23.1 Å². The van der Waals surface area contributed by atoms with Crippen molar-refractivity contribution >= 4 is 64.8 Å². The van der Waals surface area contributed by atoms with Crippen LogP contribution in [0, 0.1) is 17.5 Å². The molecule has 15 heteroatoms. The summed E-state index contributed by atoms with van der Waals surface area (Å²) in [5, 5.41) is 13.1. The van der Waals surface area contributed by atoms with Gasteiger partial charge in [0.05, 0.1) is 18.7 Å². The number of aryl methyl sites for hydroxylation is 1. The zero-order valence-corrected chi connectivity index (χ0v) is 33.5. The number of aliphatic hydroxyl groups excluding tert-OH is 1. The number of piperazine rings is 1. The van der Waals surface area contributed by atoms with Crippen LogP contribution in [0.2, 0.25) is 0 Å². The zero-order chi connectivity index (χ0) is 38.8. The van der Waals surface area contributed by atoms with Crippen molar-refractivity contribution in [2.75, 3.05) is 26.3 Å². The summed E-state index contributed by atoms with van der Waals surface area (Å²) in [4.78, 5) is 32.5. The van der Waals surface area contributed by atoms with Crippen LogP contribution >= 0.6 is 47.2 Å². The molecule has 0 spiro atoms. The van der Waals surface area contributed by atoms with Gasteiger partial charge in [-0.3, -0.25) is 9.69 Å². The normalized spacial score (nSPS) is 18.5. The lowest BCUT2D eigenvalue weighted by Crippen LogP contribution is -2.64. The maximum absolute atomic E-state index is 15.0. The van der Waals surface area contributed by atoms with Gasteiger partial charge in [-0.25, -0.2) is 13.6 Å². The van der Waals surface area contributed by atoms with Crippen LogP contribution < -0.4 is 10.1 Å². The summed E-state index contributed by atoms with van der Waals surface area (Å²) in [7, 11) is 0. The summed E-state index contributed by atoms with van der Waals surface area (Å²) in [5.74, 6) is -4.44. The van der Waals surface area contributed by atoms with E-state index in [4.69, 9.17) is 44.3 Å². The molecule has 3 aromatic rings. The number of halogens is 7. The first-order valence-corrected chi connectivity index (χ1v) is 19.2. The van der Waals surface area contributed by atoms with E-state index >= 15 is 4.79 Å². The SMILES string of the molecule is CC(C)(OC(=O)N1C2CNC[C@@H]1C(C(=O)N(Cc1ccccc1CCO)C1CC1)=C(c1ccc(CCCOc3c(F)ccc(F)c3F)cc1)C2)C(Cl)(Cl)Cl.Cl. The van der Waals surface area contributed by atoms with Crippen molar-refractivity contribution in [3.05, 3.63) is 106 Å². The number of hydrogen-bond donors (Lipinski definition) is 2. The zero-order valence-electron chi connectivity index (χ0n) is 30.4. The Morgan fingerprint density at radius 2 is 1.62 bits per heavy atom. The molecule has 1 aliphatic carbocycles. The topological polar surface area (TPSA) is 91.3 Å². The van der Waals surface area contributed by atoms with E-state index in [1.165, 1.54) is 13.8 Å². The number of amides is 2. The number of carbonyl (C=O) groups is 2. The van der Waals surface area contributed by atoms with Gasteiger partial charge in [0.15, 0.2) is 23.0 Å². The molecule has 2 fully saturated rings. The average molecular weight is 846 g/mol. The number of nitrogens with one attached hydrogen (secondary N) is 1. The monoisotopic (exact) mass is 843 g/mol. The van der Waals surface area contributed by atoms with Crippen LogP contribution in [0.15, 0.2) is 66.2 Å². The van der Waals surface area contributed by atoms with Gasteiger partial charge in [0, 0.05) is 37.9 Å². The molecule has 2 bridgehead atoms.